The minimum absolute atomic E-state index is 0.00540. The number of nitrogens with one attached hydrogen (secondary N) is 1. The van der Waals surface area contributed by atoms with Gasteiger partial charge in [-0.1, -0.05) is 24.3 Å². The Hall–Kier alpha value is -1.88. The van der Waals surface area contributed by atoms with Crippen molar-refractivity contribution in [3.8, 4) is 0 Å². The van der Waals surface area contributed by atoms with Gasteiger partial charge in [0, 0.05) is 32.0 Å². The average molecular weight is 315 g/mol. The van der Waals surface area contributed by atoms with Gasteiger partial charge in [-0.15, -0.1) is 0 Å². The van der Waals surface area contributed by atoms with Crippen LogP contribution in [-0.4, -0.2) is 54.8 Å². The molecule has 2 aliphatic heterocycles. The molecule has 0 radical (unpaired) electrons. The molecular formula is C18H25N3O2. The second kappa shape index (κ2) is 6.32. The van der Waals surface area contributed by atoms with Gasteiger partial charge in [-0.2, -0.15) is 0 Å². The standard InChI is InChI=1S/C18H25N3O2/c1-14(22)19-10-17(23)21-11-16-6-4-3-5-15(16)9-18(13-21)7-8-20(2)12-18/h3-6H,7-13H2,1-2H3,(H,19,22). The lowest BCUT2D eigenvalue weighted by molar-refractivity contribution is -0.134. The molecule has 2 heterocycles. The summed E-state index contributed by atoms with van der Waals surface area (Å²) in [4.78, 5) is 28.0. The normalized spacial score (nSPS) is 24.3. The van der Waals surface area contributed by atoms with Crippen molar-refractivity contribution in [2.75, 3.05) is 33.2 Å². The predicted octanol–water partition coefficient (Wildman–Crippen LogP) is 1.03. The zero-order valence-corrected chi connectivity index (χ0v) is 14.0. The minimum Gasteiger partial charge on any atom is -0.347 e. The van der Waals surface area contributed by atoms with Gasteiger partial charge < -0.3 is 15.1 Å². The molecule has 1 fully saturated rings. The number of rotatable bonds is 2. The fraction of sp³-hybridized carbons (Fsp3) is 0.556. The van der Waals surface area contributed by atoms with Crippen LogP contribution in [0.2, 0.25) is 0 Å². The van der Waals surface area contributed by atoms with Crippen LogP contribution >= 0.6 is 0 Å². The summed E-state index contributed by atoms with van der Waals surface area (Å²) < 4.78 is 0. The number of amides is 2. The molecule has 5 nitrogen and oxygen atoms in total. The van der Waals surface area contributed by atoms with Gasteiger partial charge in [0.2, 0.25) is 11.8 Å². The molecular weight excluding hydrogens is 290 g/mol. The number of hydrogen-bond acceptors (Lipinski definition) is 3. The first-order valence-corrected chi connectivity index (χ1v) is 8.25. The van der Waals surface area contributed by atoms with Crippen molar-refractivity contribution >= 4 is 11.8 Å². The van der Waals surface area contributed by atoms with Crippen LogP contribution in [-0.2, 0) is 22.6 Å². The van der Waals surface area contributed by atoms with Crippen molar-refractivity contribution in [2.24, 2.45) is 5.41 Å². The quantitative estimate of drug-likeness (QED) is 0.887. The molecule has 1 saturated heterocycles. The molecule has 2 amide bonds. The third kappa shape index (κ3) is 3.55. The van der Waals surface area contributed by atoms with Gasteiger partial charge >= 0.3 is 0 Å². The van der Waals surface area contributed by atoms with E-state index in [1.807, 2.05) is 11.0 Å². The second-order valence-electron chi connectivity index (χ2n) is 7.09. The Kier molecular flexibility index (Phi) is 4.39. The maximum Gasteiger partial charge on any atom is 0.242 e. The number of nitrogens with zero attached hydrogens (tertiary/aromatic N) is 2. The van der Waals surface area contributed by atoms with E-state index in [9.17, 15) is 9.59 Å². The molecule has 124 valence electrons. The largest absolute Gasteiger partial charge is 0.347 e. The van der Waals surface area contributed by atoms with Crippen molar-refractivity contribution in [3.05, 3.63) is 35.4 Å². The van der Waals surface area contributed by atoms with E-state index in [0.717, 1.165) is 32.5 Å². The highest BCUT2D eigenvalue weighted by atomic mass is 16.2. The molecule has 5 heteroatoms. The highest BCUT2D eigenvalue weighted by Crippen LogP contribution is 2.38. The number of carbonyl (C=O) groups is 2. The van der Waals surface area contributed by atoms with Crippen LogP contribution in [0.25, 0.3) is 0 Å². The summed E-state index contributed by atoms with van der Waals surface area (Å²) in [5.41, 5.74) is 2.72. The van der Waals surface area contributed by atoms with Crippen LogP contribution in [0, 0.1) is 5.41 Å². The smallest absolute Gasteiger partial charge is 0.242 e. The first kappa shape index (κ1) is 16.0. The maximum atomic E-state index is 12.6. The van der Waals surface area contributed by atoms with E-state index in [0.29, 0.717) is 6.54 Å². The van der Waals surface area contributed by atoms with Gasteiger partial charge in [0.15, 0.2) is 0 Å². The maximum absolute atomic E-state index is 12.6. The SMILES string of the molecule is CC(=O)NCC(=O)N1Cc2ccccc2CC2(CCN(C)C2)C1. The third-order valence-corrected chi connectivity index (χ3v) is 5.04. The monoisotopic (exact) mass is 315 g/mol. The molecule has 1 aromatic rings. The van der Waals surface area contributed by atoms with E-state index in [4.69, 9.17) is 0 Å². The van der Waals surface area contributed by atoms with E-state index in [1.54, 1.807) is 0 Å². The van der Waals surface area contributed by atoms with Gasteiger partial charge in [-0.25, -0.2) is 0 Å². The lowest BCUT2D eigenvalue weighted by Gasteiger charge is -2.33. The molecule has 1 aromatic carbocycles. The van der Waals surface area contributed by atoms with Crippen LogP contribution in [0.4, 0.5) is 0 Å². The van der Waals surface area contributed by atoms with Gasteiger partial charge in [-0.3, -0.25) is 9.59 Å². The summed E-state index contributed by atoms with van der Waals surface area (Å²) in [7, 11) is 2.15. The molecule has 1 atom stereocenters. The van der Waals surface area contributed by atoms with Crippen molar-refractivity contribution < 1.29 is 9.59 Å². The molecule has 0 aliphatic carbocycles. The summed E-state index contributed by atoms with van der Waals surface area (Å²) in [6, 6.07) is 8.43. The predicted molar refractivity (Wildman–Crippen MR) is 88.8 cm³/mol. The Morgan fingerprint density at radius 3 is 2.61 bits per heavy atom. The van der Waals surface area contributed by atoms with Gasteiger partial charge in [0.1, 0.15) is 0 Å². The zero-order valence-electron chi connectivity index (χ0n) is 14.0. The zero-order chi connectivity index (χ0) is 16.4. The van der Waals surface area contributed by atoms with E-state index in [1.165, 1.54) is 18.1 Å². The molecule has 0 bridgehead atoms. The van der Waals surface area contributed by atoms with Gasteiger partial charge in [-0.05, 0) is 37.6 Å². The summed E-state index contributed by atoms with van der Waals surface area (Å²) in [5, 5.41) is 2.63. The van der Waals surface area contributed by atoms with Gasteiger partial charge in [0.05, 0.1) is 6.54 Å². The summed E-state index contributed by atoms with van der Waals surface area (Å²) in [6.07, 6.45) is 2.14. The lowest BCUT2D eigenvalue weighted by Crippen LogP contribution is -2.45. The average Bonchev–Trinajstić information content (AvgIpc) is 2.77. The van der Waals surface area contributed by atoms with Crippen LogP contribution < -0.4 is 5.32 Å². The summed E-state index contributed by atoms with van der Waals surface area (Å²) >= 11 is 0. The van der Waals surface area contributed by atoms with E-state index >= 15 is 0 Å². The fourth-order valence-corrected chi connectivity index (χ4v) is 3.93. The number of fused-ring (bicyclic) bond motifs is 1. The third-order valence-electron chi connectivity index (χ3n) is 5.04. The van der Waals surface area contributed by atoms with E-state index < -0.39 is 0 Å². The molecule has 0 saturated carbocycles. The molecule has 1 unspecified atom stereocenters. The molecule has 2 aliphatic rings. The fourth-order valence-electron chi connectivity index (χ4n) is 3.93. The number of carbonyl (C=O) groups excluding carboxylic acids is 2. The Morgan fingerprint density at radius 1 is 1.22 bits per heavy atom. The molecule has 0 aromatic heterocycles. The van der Waals surface area contributed by atoms with E-state index in [-0.39, 0.29) is 23.8 Å². The Morgan fingerprint density at radius 2 is 1.96 bits per heavy atom. The first-order chi connectivity index (χ1) is 11.0. The first-order valence-electron chi connectivity index (χ1n) is 8.25. The Labute approximate surface area is 137 Å². The molecule has 1 spiro atoms. The highest BCUT2D eigenvalue weighted by Gasteiger charge is 2.41. The summed E-state index contributed by atoms with van der Waals surface area (Å²) in [5.74, 6) is -0.158. The molecule has 23 heavy (non-hydrogen) atoms. The van der Waals surface area contributed by atoms with Crippen molar-refractivity contribution in [2.45, 2.75) is 26.3 Å². The molecule has 1 N–H and O–H groups in total. The number of benzene rings is 1. The summed E-state index contributed by atoms with van der Waals surface area (Å²) in [6.45, 7) is 5.04. The molecule has 3 rings (SSSR count). The highest BCUT2D eigenvalue weighted by molar-refractivity contribution is 5.83. The second-order valence-corrected chi connectivity index (χ2v) is 7.09. The van der Waals surface area contributed by atoms with Crippen LogP contribution in [0.15, 0.2) is 24.3 Å². The van der Waals surface area contributed by atoms with Gasteiger partial charge in [0.25, 0.3) is 0 Å². The number of hydrogen-bond donors (Lipinski definition) is 1. The van der Waals surface area contributed by atoms with Crippen molar-refractivity contribution in [3.63, 3.8) is 0 Å². The Balaban J connectivity index is 1.85. The number of likely N-dealkylation sites (tertiary alicyclic amines) is 1. The minimum atomic E-state index is -0.163. The lowest BCUT2D eigenvalue weighted by atomic mass is 9.80. The van der Waals surface area contributed by atoms with Crippen LogP contribution in [0.1, 0.15) is 24.5 Å². The van der Waals surface area contributed by atoms with E-state index in [2.05, 4.69) is 35.5 Å². The van der Waals surface area contributed by atoms with Crippen LogP contribution in [0.3, 0.4) is 0 Å². The van der Waals surface area contributed by atoms with Crippen LogP contribution in [0.5, 0.6) is 0 Å². The Bertz CT molecular complexity index is 616. The topological polar surface area (TPSA) is 52.7 Å². The van der Waals surface area contributed by atoms with Crippen molar-refractivity contribution in [1.29, 1.82) is 0 Å². The van der Waals surface area contributed by atoms with Crippen molar-refractivity contribution in [1.82, 2.24) is 15.1 Å².